The lowest BCUT2D eigenvalue weighted by Crippen LogP contribution is -2.41. The molecule has 1 atom stereocenters. The van der Waals surface area contributed by atoms with E-state index in [-0.39, 0.29) is 25.6 Å². The smallest absolute Gasteiger partial charge is 0.326 e. The molecule has 0 N–H and O–H groups in total. The number of sulfonamides is 1. The summed E-state index contributed by atoms with van der Waals surface area (Å²) in [6.45, 7) is 4.51. The molecule has 8 nitrogen and oxygen atoms in total. The zero-order chi connectivity index (χ0) is 21.2. The zero-order valence-corrected chi connectivity index (χ0v) is 18.4. The molecule has 1 aliphatic rings. The Kier molecular flexibility index (Phi) is 6.55. The molecule has 1 saturated heterocycles. The van der Waals surface area contributed by atoms with E-state index in [4.69, 9.17) is 4.74 Å². The van der Waals surface area contributed by atoms with E-state index in [0.717, 1.165) is 22.0 Å². The molecule has 1 aromatic carbocycles. The number of nitrogens with zero attached hydrogens (tertiary/aromatic N) is 3. The van der Waals surface area contributed by atoms with Crippen molar-refractivity contribution in [2.45, 2.75) is 33.2 Å². The van der Waals surface area contributed by atoms with Crippen molar-refractivity contribution in [3.63, 3.8) is 0 Å². The van der Waals surface area contributed by atoms with Gasteiger partial charge in [0.25, 0.3) is 5.91 Å². The van der Waals surface area contributed by atoms with Crippen molar-refractivity contribution < 1.29 is 22.7 Å². The third kappa shape index (κ3) is 5.12. The SMILES string of the molecule is CCOC(=O)Cn1c(=NC(=O)C2CCCN(S(C)(=O)=O)C2)sc2cc(C)ccc21. The van der Waals surface area contributed by atoms with Crippen LogP contribution in [0.2, 0.25) is 0 Å². The van der Waals surface area contributed by atoms with Crippen molar-refractivity contribution >= 4 is 43.5 Å². The summed E-state index contributed by atoms with van der Waals surface area (Å²) in [7, 11) is -3.35. The average molecular weight is 440 g/mol. The van der Waals surface area contributed by atoms with Crippen LogP contribution in [0, 0.1) is 12.8 Å². The summed E-state index contributed by atoms with van der Waals surface area (Å²) in [4.78, 5) is 29.6. The lowest BCUT2D eigenvalue weighted by atomic mass is 9.99. The second-order valence-corrected chi connectivity index (χ2v) is 10.1. The molecule has 10 heteroatoms. The number of piperidine rings is 1. The van der Waals surface area contributed by atoms with Gasteiger partial charge in [-0.3, -0.25) is 9.59 Å². The summed E-state index contributed by atoms with van der Waals surface area (Å²) in [5.41, 5.74) is 1.87. The zero-order valence-electron chi connectivity index (χ0n) is 16.8. The summed E-state index contributed by atoms with van der Waals surface area (Å²) < 4.78 is 32.7. The molecule has 0 aliphatic carbocycles. The molecule has 0 saturated carbocycles. The first-order valence-electron chi connectivity index (χ1n) is 9.48. The van der Waals surface area contributed by atoms with E-state index < -0.39 is 21.9 Å². The van der Waals surface area contributed by atoms with Gasteiger partial charge >= 0.3 is 5.97 Å². The minimum Gasteiger partial charge on any atom is -0.465 e. The normalized spacial score (nSPS) is 18.9. The molecule has 0 radical (unpaired) electrons. The van der Waals surface area contributed by atoms with Crippen LogP contribution in [0.5, 0.6) is 0 Å². The Hall–Kier alpha value is -2.04. The monoisotopic (exact) mass is 439 g/mol. The predicted octanol–water partition coefficient (Wildman–Crippen LogP) is 1.67. The van der Waals surface area contributed by atoms with Gasteiger partial charge in [-0.05, 0) is 44.4 Å². The first-order chi connectivity index (χ1) is 13.7. The maximum absolute atomic E-state index is 12.8. The van der Waals surface area contributed by atoms with E-state index >= 15 is 0 Å². The molecule has 29 heavy (non-hydrogen) atoms. The lowest BCUT2D eigenvalue weighted by molar-refractivity contribution is -0.143. The van der Waals surface area contributed by atoms with Gasteiger partial charge in [-0.1, -0.05) is 17.4 Å². The molecule has 1 fully saturated rings. The largest absolute Gasteiger partial charge is 0.465 e. The van der Waals surface area contributed by atoms with Crippen LogP contribution < -0.4 is 4.80 Å². The van der Waals surface area contributed by atoms with Gasteiger partial charge in [0, 0.05) is 13.1 Å². The number of esters is 1. The molecule has 1 aromatic heterocycles. The Morgan fingerprint density at radius 2 is 2.10 bits per heavy atom. The minimum atomic E-state index is -3.35. The highest BCUT2D eigenvalue weighted by Gasteiger charge is 2.30. The molecule has 0 spiro atoms. The number of benzene rings is 1. The van der Waals surface area contributed by atoms with E-state index in [1.165, 1.54) is 15.6 Å². The van der Waals surface area contributed by atoms with Crippen LogP contribution in [-0.2, 0) is 30.9 Å². The standard InChI is InChI=1S/C19H25N3O5S2/c1-4-27-17(23)12-22-15-8-7-13(2)10-16(15)28-19(22)20-18(24)14-6-5-9-21(11-14)29(3,25)26/h7-8,10,14H,4-6,9,11-12H2,1-3H3. The van der Waals surface area contributed by atoms with Crippen molar-refractivity contribution in [2.24, 2.45) is 10.9 Å². The number of amides is 1. The van der Waals surface area contributed by atoms with E-state index in [0.29, 0.717) is 24.2 Å². The number of ether oxygens (including phenoxy) is 1. The fraction of sp³-hybridized carbons (Fsp3) is 0.526. The van der Waals surface area contributed by atoms with E-state index in [9.17, 15) is 18.0 Å². The van der Waals surface area contributed by atoms with Crippen LogP contribution in [-0.4, -0.2) is 55.1 Å². The number of fused-ring (bicyclic) bond motifs is 1. The third-order valence-electron chi connectivity index (χ3n) is 4.84. The Labute approximate surface area is 173 Å². The molecular weight excluding hydrogens is 414 g/mol. The molecule has 1 aliphatic heterocycles. The fourth-order valence-corrected chi connectivity index (χ4v) is 5.43. The summed E-state index contributed by atoms with van der Waals surface area (Å²) in [5, 5.41) is 0. The number of carbonyl (C=O) groups excluding carboxylic acids is 2. The Morgan fingerprint density at radius 1 is 1.34 bits per heavy atom. The second-order valence-electron chi connectivity index (χ2n) is 7.16. The highest BCUT2D eigenvalue weighted by molar-refractivity contribution is 7.88. The van der Waals surface area contributed by atoms with Crippen molar-refractivity contribution in [3.8, 4) is 0 Å². The van der Waals surface area contributed by atoms with Gasteiger partial charge in [-0.2, -0.15) is 4.99 Å². The van der Waals surface area contributed by atoms with Crippen molar-refractivity contribution in [1.82, 2.24) is 8.87 Å². The van der Waals surface area contributed by atoms with Crippen LogP contribution in [0.4, 0.5) is 0 Å². The molecule has 158 valence electrons. The highest BCUT2D eigenvalue weighted by atomic mass is 32.2. The van der Waals surface area contributed by atoms with Gasteiger partial charge in [0.05, 0.1) is 29.0 Å². The maximum Gasteiger partial charge on any atom is 0.326 e. The molecule has 1 unspecified atom stereocenters. The first-order valence-corrected chi connectivity index (χ1v) is 12.1. The van der Waals surface area contributed by atoms with Crippen LogP contribution >= 0.6 is 11.3 Å². The van der Waals surface area contributed by atoms with Gasteiger partial charge in [0.1, 0.15) is 6.54 Å². The lowest BCUT2D eigenvalue weighted by Gasteiger charge is -2.28. The van der Waals surface area contributed by atoms with Crippen LogP contribution in [0.1, 0.15) is 25.3 Å². The van der Waals surface area contributed by atoms with Crippen molar-refractivity contribution in [2.75, 3.05) is 26.0 Å². The molecular formula is C19H25N3O5S2. The topological polar surface area (TPSA) is 98.0 Å². The average Bonchev–Trinajstić information content (AvgIpc) is 2.97. The van der Waals surface area contributed by atoms with Gasteiger partial charge < -0.3 is 9.30 Å². The Balaban J connectivity index is 1.97. The van der Waals surface area contributed by atoms with Gasteiger partial charge in [0.2, 0.25) is 10.0 Å². The van der Waals surface area contributed by atoms with Crippen LogP contribution in [0.15, 0.2) is 23.2 Å². The first kappa shape index (κ1) is 21.7. The van der Waals surface area contributed by atoms with Gasteiger partial charge in [-0.15, -0.1) is 0 Å². The number of rotatable bonds is 5. The predicted molar refractivity (Wildman–Crippen MR) is 111 cm³/mol. The van der Waals surface area contributed by atoms with E-state index in [1.54, 1.807) is 11.5 Å². The third-order valence-corrected chi connectivity index (χ3v) is 7.15. The van der Waals surface area contributed by atoms with Crippen molar-refractivity contribution in [3.05, 3.63) is 28.6 Å². The summed E-state index contributed by atoms with van der Waals surface area (Å²) in [6.07, 6.45) is 2.36. The summed E-state index contributed by atoms with van der Waals surface area (Å²) >= 11 is 1.33. The van der Waals surface area contributed by atoms with Gasteiger partial charge in [0.15, 0.2) is 4.80 Å². The van der Waals surface area contributed by atoms with E-state index in [1.807, 2.05) is 25.1 Å². The number of hydrogen-bond acceptors (Lipinski definition) is 6. The number of carbonyl (C=O) groups is 2. The fourth-order valence-electron chi connectivity index (χ4n) is 3.39. The summed E-state index contributed by atoms with van der Waals surface area (Å²) in [6, 6.07) is 5.82. The molecule has 3 rings (SSSR count). The number of thiazole rings is 1. The van der Waals surface area contributed by atoms with Crippen LogP contribution in [0.25, 0.3) is 10.2 Å². The molecule has 1 amide bonds. The molecule has 0 bridgehead atoms. The Bertz CT molecular complexity index is 1100. The van der Waals surface area contributed by atoms with E-state index in [2.05, 4.69) is 4.99 Å². The Morgan fingerprint density at radius 3 is 2.79 bits per heavy atom. The van der Waals surface area contributed by atoms with Crippen LogP contribution in [0.3, 0.4) is 0 Å². The second kappa shape index (κ2) is 8.76. The number of aromatic nitrogens is 1. The number of hydrogen-bond donors (Lipinski definition) is 0. The maximum atomic E-state index is 12.8. The van der Waals surface area contributed by atoms with Crippen molar-refractivity contribution in [1.29, 1.82) is 0 Å². The quantitative estimate of drug-likeness (QED) is 0.660. The minimum absolute atomic E-state index is 0.0385. The molecule has 2 heterocycles. The summed E-state index contributed by atoms with van der Waals surface area (Å²) in [5.74, 6) is -1.25. The number of aryl methyl sites for hydroxylation is 1. The molecule has 2 aromatic rings. The van der Waals surface area contributed by atoms with Gasteiger partial charge in [-0.25, -0.2) is 12.7 Å². The highest BCUT2D eigenvalue weighted by Crippen LogP contribution is 2.21.